The summed E-state index contributed by atoms with van der Waals surface area (Å²) in [4.78, 5) is 29.7. The quantitative estimate of drug-likeness (QED) is 0.638. The zero-order valence-electron chi connectivity index (χ0n) is 15.4. The smallest absolute Gasteiger partial charge is 0.228 e. The van der Waals surface area contributed by atoms with Crippen molar-refractivity contribution in [2.24, 2.45) is 0 Å². The third-order valence-corrected chi connectivity index (χ3v) is 5.41. The number of amides is 1. The number of carbonyl (C=O) groups excluding carboxylic acids is 1. The second kappa shape index (κ2) is 8.79. The molecule has 0 atom stereocenters. The first-order chi connectivity index (χ1) is 13.8. The molecule has 3 aromatic heterocycles. The number of anilines is 1. The third-order valence-electron chi connectivity index (χ3n) is 4.53. The van der Waals surface area contributed by atoms with Crippen molar-refractivity contribution in [1.82, 2.24) is 19.9 Å². The van der Waals surface area contributed by atoms with E-state index in [4.69, 9.17) is 4.74 Å². The molecule has 1 fully saturated rings. The van der Waals surface area contributed by atoms with Crippen LogP contribution in [-0.2, 0) is 17.8 Å². The number of nitrogens with zero attached hydrogens (tertiary/aromatic N) is 5. The zero-order valence-corrected chi connectivity index (χ0v) is 16.2. The van der Waals surface area contributed by atoms with Crippen molar-refractivity contribution < 1.29 is 9.53 Å². The van der Waals surface area contributed by atoms with Crippen molar-refractivity contribution in [3.05, 3.63) is 65.0 Å². The SMILES string of the molecule is O=C(Cc1csc(COc2cccnc2)n1)N1CCN(c2ccccn2)CC1. The minimum absolute atomic E-state index is 0.116. The van der Waals surface area contributed by atoms with Crippen molar-refractivity contribution in [3.63, 3.8) is 0 Å². The van der Waals surface area contributed by atoms with Crippen LogP contribution in [-0.4, -0.2) is 51.9 Å². The van der Waals surface area contributed by atoms with E-state index in [2.05, 4.69) is 19.9 Å². The first-order valence-corrected chi connectivity index (χ1v) is 10.1. The van der Waals surface area contributed by atoms with E-state index in [-0.39, 0.29) is 5.91 Å². The summed E-state index contributed by atoms with van der Waals surface area (Å²) in [5, 5.41) is 2.79. The Labute approximate surface area is 167 Å². The largest absolute Gasteiger partial charge is 0.485 e. The predicted molar refractivity (Wildman–Crippen MR) is 107 cm³/mol. The van der Waals surface area contributed by atoms with Crippen LogP contribution in [0.5, 0.6) is 5.75 Å². The number of piperazine rings is 1. The van der Waals surface area contributed by atoms with Crippen LogP contribution in [0.2, 0.25) is 0 Å². The Balaban J connectivity index is 1.26. The molecular weight excluding hydrogens is 374 g/mol. The minimum Gasteiger partial charge on any atom is -0.485 e. The van der Waals surface area contributed by atoms with Gasteiger partial charge in [0.2, 0.25) is 5.91 Å². The molecule has 4 rings (SSSR count). The molecule has 7 nitrogen and oxygen atoms in total. The van der Waals surface area contributed by atoms with Gasteiger partial charge in [0, 0.05) is 44.0 Å². The van der Waals surface area contributed by atoms with E-state index in [9.17, 15) is 4.79 Å². The average molecular weight is 395 g/mol. The fourth-order valence-corrected chi connectivity index (χ4v) is 3.77. The van der Waals surface area contributed by atoms with Crippen molar-refractivity contribution >= 4 is 23.1 Å². The van der Waals surface area contributed by atoms with Gasteiger partial charge < -0.3 is 14.5 Å². The highest BCUT2D eigenvalue weighted by Crippen LogP contribution is 2.16. The highest BCUT2D eigenvalue weighted by atomic mass is 32.1. The summed E-state index contributed by atoms with van der Waals surface area (Å²) in [5.74, 6) is 1.79. The van der Waals surface area contributed by atoms with Crippen LogP contribution in [0.3, 0.4) is 0 Å². The molecule has 0 N–H and O–H groups in total. The zero-order chi connectivity index (χ0) is 19.2. The number of thiazole rings is 1. The Bertz CT molecular complexity index is 895. The van der Waals surface area contributed by atoms with Crippen LogP contribution >= 0.6 is 11.3 Å². The topological polar surface area (TPSA) is 71.5 Å². The molecule has 0 aliphatic carbocycles. The molecular formula is C20H21N5O2S. The average Bonchev–Trinajstić information content (AvgIpc) is 3.21. The molecule has 8 heteroatoms. The monoisotopic (exact) mass is 395 g/mol. The van der Waals surface area contributed by atoms with Gasteiger partial charge in [-0.15, -0.1) is 11.3 Å². The number of aromatic nitrogens is 3. The van der Waals surface area contributed by atoms with Gasteiger partial charge in [-0.05, 0) is 24.3 Å². The van der Waals surface area contributed by atoms with E-state index in [0.717, 1.165) is 29.6 Å². The maximum atomic E-state index is 12.6. The number of pyridine rings is 2. The highest BCUT2D eigenvalue weighted by Gasteiger charge is 2.22. The Morgan fingerprint density at radius 1 is 1.11 bits per heavy atom. The fraction of sp³-hybridized carbons (Fsp3) is 0.300. The first kappa shape index (κ1) is 18.4. The van der Waals surface area contributed by atoms with Crippen molar-refractivity contribution in [3.8, 4) is 5.75 Å². The maximum Gasteiger partial charge on any atom is 0.228 e. The van der Waals surface area contributed by atoms with E-state index >= 15 is 0 Å². The lowest BCUT2D eigenvalue weighted by Gasteiger charge is -2.35. The fourth-order valence-electron chi connectivity index (χ4n) is 3.07. The maximum absolute atomic E-state index is 12.6. The van der Waals surface area contributed by atoms with Crippen LogP contribution in [0, 0.1) is 0 Å². The number of rotatable bonds is 6. The Hall–Kier alpha value is -3.00. The summed E-state index contributed by atoms with van der Waals surface area (Å²) in [6.07, 6.45) is 5.50. The van der Waals surface area contributed by atoms with E-state index in [1.165, 1.54) is 11.3 Å². The van der Waals surface area contributed by atoms with Crippen molar-refractivity contribution in [1.29, 1.82) is 0 Å². The minimum atomic E-state index is 0.116. The van der Waals surface area contributed by atoms with Gasteiger partial charge in [-0.1, -0.05) is 6.07 Å². The molecule has 3 aromatic rings. The lowest BCUT2D eigenvalue weighted by molar-refractivity contribution is -0.130. The summed E-state index contributed by atoms with van der Waals surface area (Å²) >= 11 is 1.51. The molecule has 1 aliphatic rings. The van der Waals surface area contributed by atoms with E-state index in [1.54, 1.807) is 18.6 Å². The summed E-state index contributed by atoms with van der Waals surface area (Å²) in [6.45, 7) is 3.38. The van der Waals surface area contributed by atoms with Crippen LogP contribution in [0.4, 0.5) is 5.82 Å². The molecule has 1 aliphatic heterocycles. The molecule has 0 radical (unpaired) electrons. The molecule has 0 unspecified atom stereocenters. The van der Waals surface area contributed by atoms with Crippen LogP contribution < -0.4 is 9.64 Å². The molecule has 0 saturated carbocycles. The van der Waals surface area contributed by atoms with E-state index in [1.807, 2.05) is 40.6 Å². The Morgan fingerprint density at radius 2 is 2.00 bits per heavy atom. The molecule has 28 heavy (non-hydrogen) atoms. The summed E-state index contributed by atoms with van der Waals surface area (Å²) in [6, 6.07) is 9.58. The van der Waals surface area contributed by atoms with Gasteiger partial charge in [-0.2, -0.15) is 0 Å². The molecule has 0 spiro atoms. The molecule has 4 heterocycles. The number of ether oxygens (including phenoxy) is 1. The molecule has 1 amide bonds. The van der Waals surface area contributed by atoms with Gasteiger partial charge in [-0.3, -0.25) is 9.78 Å². The first-order valence-electron chi connectivity index (χ1n) is 9.18. The lowest BCUT2D eigenvalue weighted by Crippen LogP contribution is -2.49. The van der Waals surface area contributed by atoms with E-state index < -0.39 is 0 Å². The van der Waals surface area contributed by atoms with Gasteiger partial charge in [0.1, 0.15) is 23.2 Å². The highest BCUT2D eigenvalue weighted by molar-refractivity contribution is 7.09. The van der Waals surface area contributed by atoms with Crippen molar-refractivity contribution in [2.45, 2.75) is 13.0 Å². The second-order valence-electron chi connectivity index (χ2n) is 6.44. The van der Waals surface area contributed by atoms with Crippen LogP contribution in [0.25, 0.3) is 0 Å². The molecule has 0 aromatic carbocycles. The molecule has 144 valence electrons. The number of hydrogen-bond acceptors (Lipinski definition) is 7. The van der Waals surface area contributed by atoms with Gasteiger partial charge in [0.05, 0.1) is 18.3 Å². The predicted octanol–water partition coefficient (Wildman–Crippen LogP) is 2.40. The molecule has 0 bridgehead atoms. The van der Waals surface area contributed by atoms with Crippen LogP contribution in [0.15, 0.2) is 54.3 Å². The Kier molecular flexibility index (Phi) is 5.77. The summed E-state index contributed by atoms with van der Waals surface area (Å²) in [5.41, 5.74) is 0.798. The number of carbonyl (C=O) groups is 1. The van der Waals surface area contributed by atoms with E-state index in [0.29, 0.717) is 31.9 Å². The van der Waals surface area contributed by atoms with Crippen LogP contribution in [0.1, 0.15) is 10.7 Å². The second-order valence-corrected chi connectivity index (χ2v) is 7.39. The summed E-state index contributed by atoms with van der Waals surface area (Å²) in [7, 11) is 0. The van der Waals surface area contributed by atoms with Gasteiger partial charge in [-0.25, -0.2) is 9.97 Å². The standard InChI is InChI=1S/C20H21N5O2S/c26-20(25-10-8-24(9-11-25)18-5-1-2-7-22-18)12-16-15-28-19(23-16)14-27-17-4-3-6-21-13-17/h1-7,13,15H,8-12,14H2. The molecule has 1 saturated heterocycles. The lowest BCUT2D eigenvalue weighted by atomic mass is 10.2. The van der Waals surface area contributed by atoms with Gasteiger partial charge in [0.15, 0.2) is 0 Å². The van der Waals surface area contributed by atoms with Gasteiger partial charge >= 0.3 is 0 Å². The normalized spacial score (nSPS) is 14.1. The Morgan fingerprint density at radius 3 is 2.75 bits per heavy atom. The third kappa shape index (κ3) is 4.64. The van der Waals surface area contributed by atoms with Crippen molar-refractivity contribution in [2.75, 3.05) is 31.1 Å². The summed E-state index contributed by atoms with van der Waals surface area (Å²) < 4.78 is 5.66. The number of hydrogen-bond donors (Lipinski definition) is 0. The van der Waals surface area contributed by atoms with Gasteiger partial charge in [0.25, 0.3) is 0 Å².